The summed E-state index contributed by atoms with van der Waals surface area (Å²) in [5.41, 5.74) is 12.4. The molecule has 0 bridgehead atoms. The number of rotatable bonds is 14. The van der Waals surface area contributed by atoms with Crippen LogP contribution in [0.4, 0.5) is 0 Å². The van der Waals surface area contributed by atoms with Crippen LogP contribution in [-0.2, 0) is 0 Å². The SMILES string of the molecule is Cl.NCCCNCCCN1C(=O)c2ccc3c4c(ccc(c24)C1=O)C(=O)N(CCCNCCCN)C3=O. The van der Waals surface area contributed by atoms with Gasteiger partial charge in [-0.25, -0.2) is 0 Å². The molecule has 200 valence electrons. The van der Waals surface area contributed by atoms with Crippen LogP contribution < -0.4 is 22.1 Å². The number of nitrogens with two attached hydrogens (primary N) is 2. The topological polar surface area (TPSA) is 151 Å². The normalized spacial score (nSPS) is 14.5. The molecule has 0 atom stereocenters. The van der Waals surface area contributed by atoms with Crippen molar-refractivity contribution >= 4 is 46.8 Å². The second kappa shape index (κ2) is 13.1. The Morgan fingerprint density at radius 2 is 0.838 bits per heavy atom. The van der Waals surface area contributed by atoms with Gasteiger partial charge < -0.3 is 22.1 Å². The summed E-state index contributed by atoms with van der Waals surface area (Å²) in [5, 5.41) is 7.30. The van der Waals surface area contributed by atoms with Gasteiger partial charge in [0.25, 0.3) is 23.6 Å². The number of halogens is 1. The van der Waals surface area contributed by atoms with Crippen LogP contribution in [0.15, 0.2) is 24.3 Å². The van der Waals surface area contributed by atoms with Crippen LogP contribution in [0.3, 0.4) is 0 Å². The summed E-state index contributed by atoms with van der Waals surface area (Å²) in [5.74, 6) is -1.60. The standard InChI is InChI=1S/C26H34N6O4.ClH/c27-9-1-11-29-13-3-15-31-23(33)17-5-7-19-22-20(8-6-18(21(17)22)24(31)34)26(36)32(25(19)35)16-4-14-30-12-2-10-28;/h5-8,29-30H,1-4,9-16,27-28H2;1H. The summed E-state index contributed by atoms with van der Waals surface area (Å²) < 4.78 is 0. The summed E-state index contributed by atoms with van der Waals surface area (Å²) in [7, 11) is 0. The number of benzene rings is 2. The third-order valence-electron chi connectivity index (χ3n) is 6.65. The molecule has 0 saturated heterocycles. The first-order valence-electron chi connectivity index (χ1n) is 12.6. The first kappa shape index (κ1) is 28.7. The Bertz CT molecular complexity index is 1030. The maximum Gasteiger partial charge on any atom is 0.261 e. The number of nitrogens with one attached hydrogen (secondary N) is 2. The minimum absolute atomic E-state index is 0. The van der Waals surface area contributed by atoms with Crippen molar-refractivity contribution in [3.05, 3.63) is 46.5 Å². The van der Waals surface area contributed by atoms with Crippen LogP contribution in [0, 0.1) is 0 Å². The quantitative estimate of drug-likeness (QED) is 0.209. The van der Waals surface area contributed by atoms with Gasteiger partial charge in [0.05, 0.1) is 0 Å². The monoisotopic (exact) mass is 530 g/mol. The first-order chi connectivity index (χ1) is 17.5. The van der Waals surface area contributed by atoms with E-state index >= 15 is 0 Å². The van der Waals surface area contributed by atoms with Crippen molar-refractivity contribution in [2.45, 2.75) is 25.7 Å². The van der Waals surface area contributed by atoms with Gasteiger partial charge in [0.2, 0.25) is 0 Å². The Hall–Kier alpha value is -2.89. The fourth-order valence-corrected chi connectivity index (χ4v) is 4.81. The maximum absolute atomic E-state index is 13.3. The lowest BCUT2D eigenvalue weighted by Gasteiger charge is -2.32. The summed E-state index contributed by atoms with van der Waals surface area (Å²) >= 11 is 0. The Kier molecular flexibility index (Phi) is 10.1. The highest BCUT2D eigenvalue weighted by Gasteiger charge is 2.39. The van der Waals surface area contributed by atoms with Crippen LogP contribution in [0.5, 0.6) is 0 Å². The zero-order valence-corrected chi connectivity index (χ0v) is 21.7. The van der Waals surface area contributed by atoms with Crippen LogP contribution in [0.25, 0.3) is 10.8 Å². The molecular formula is C26H35ClN6O4. The van der Waals surface area contributed by atoms with E-state index in [2.05, 4.69) is 10.6 Å². The maximum atomic E-state index is 13.3. The third kappa shape index (κ3) is 5.68. The molecule has 0 aliphatic carbocycles. The molecule has 2 heterocycles. The molecule has 0 saturated carbocycles. The van der Waals surface area contributed by atoms with Crippen molar-refractivity contribution in [3.63, 3.8) is 0 Å². The predicted octanol–water partition coefficient (Wildman–Crippen LogP) is 1.11. The summed E-state index contributed by atoms with van der Waals surface area (Å²) in [6.45, 7) is 4.68. The van der Waals surface area contributed by atoms with E-state index in [0.29, 0.717) is 72.0 Å². The lowest BCUT2D eigenvalue weighted by atomic mass is 9.86. The van der Waals surface area contributed by atoms with E-state index in [-0.39, 0.29) is 25.5 Å². The van der Waals surface area contributed by atoms with Gasteiger partial charge in [0.15, 0.2) is 0 Å². The molecule has 4 amide bonds. The number of hydrogen-bond acceptors (Lipinski definition) is 8. The molecule has 0 spiro atoms. The number of amides is 4. The molecule has 10 nitrogen and oxygen atoms in total. The number of nitrogens with zero attached hydrogens (tertiary/aromatic N) is 2. The van der Waals surface area contributed by atoms with Crippen LogP contribution in [-0.4, -0.2) is 85.8 Å². The van der Waals surface area contributed by atoms with Gasteiger partial charge in [-0.15, -0.1) is 12.4 Å². The van der Waals surface area contributed by atoms with Crippen LogP contribution in [0.2, 0.25) is 0 Å². The van der Waals surface area contributed by atoms with Gasteiger partial charge in [-0.3, -0.25) is 29.0 Å². The molecular weight excluding hydrogens is 496 g/mol. The summed E-state index contributed by atoms with van der Waals surface area (Å²) in [6.07, 6.45) is 2.96. The zero-order chi connectivity index (χ0) is 25.7. The van der Waals surface area contributed by atoms with Crippen LogP contribution >= 0.6 is 12.4 Å². The van der Waals surface area contributed by atoms with E-state index in [0.717, 1.165) is 25.9 Å². The van der Waals surface area contributed by atoms with Gasteiger partial charge in [-0.05, 0) is 89.2 Å². The second-order valence-corrected chi connectivity index (χ2v) is 9.09. The molecule has 2 aliphatic rings. The van der Waals surface area contributed by atoms with Crippen molar-refractivity contribution in [2.24, 2.45) is 11.5 Å². The van der Waals surface area contributed by atoms with Crippen LogP contribution in [0.1, 0.15) is 67.1 Å². The number of hydrogen-bond donors (Lipinski definition) is 4. The molecule has 0 fully saturated rings. The molecule has 11 heteroatoms. The number of carbonyl (C=O) groups is 4. The van der Waals surface area contributed by atoms with Crippen molar-refractivity contribution < 1.29 is 19.2 Å². The fraction of sp³-hybridized carbons (Fsp3) is 0.462. The van der Waals surface area contributed by atoms with Gasteiger partial charge in [0.1, 0.15) is 0 Å². The summed E-state index contributed by atoms with van der Waals surface area (Å²) in [4.78, 5) is 55.5. The van der Waals surface area contributed by atoms with Gasteiger partial charge in [-0.1, -0.05) is 0 Å². The van der Waals surface area contributed by atoms with E-state index in [1.807, 2.05) is 0 Å². The lowest BCUT2D eigenvalue weighted by Crippen LogP contribution is -2.44. The molecule has 0 radical (unpaired) electrons. The smallest absolute Gasteiger partial charge is 0.261 e. The van der Waals surface area contributed by atoms with Crippen molar-refractivity contribution in [1.29, 1.82) is 0 Å². The predicted molar refractivity (Wildman–Crippen MR) is 144 cm³/mol. The molecule has 0 aromatic heterocycles. The Morgan fingerprint density at radius 3 is 1.14 bits per heavy atom. The van der Waals surface area contributed by atoms with E-state index in [9.17, 15) is 19.2 Å². The highest BCUT2D eigenvalue weighted by molar-refractivity contribution is 6.33. The fourth-order valence-electron chi connectivity index (χ4n) is 4.81. The minimum atomic E-state index is -0.399. The molecule has 37 heavy (non-hydrogen) atoms. The van der Waals surface area contributed by atoms with E-state index < -0.39 is 23.6 Å². The Morgan fingerprint density at radius 1 is 0.541 bits per heavy atom. The summed E-state index contributed by atoms with van der Waals surface area (Å²) in [6, 6.07) is 6.41. The van der Waals surface area contributed by atoms with Gasteiger partial charge in [-0.2, -0.15) is 0 Å². The molecule has 2 aliphatic heterocycles. The second-order valence-electron chi connectivity index (χ2n) is 9.09. The minimum Gasteiger partial charge on any atom is -0.330 e. The van der Waals surface area contributed by atoms with Crippen molar-refractivity contribution in [3.8, 4) is 0 Å². The number of imide groups is 2. The zero-order valence-electron chi connectivity index (χ0n) is 20.9. The number of carbonyl (C=O) groups excluding carboxylic acids is 4. The third-order valence-corrected chi connectivity index (χ3v) is 6.65. The van der Waals surface area contributed by atoms with E-state index in [4.69, 9.17) is 11.5 Å². The molecule has 6 N–H and O–H groups in total. The molecule has 2 aromatic rings. The van der Waals surface area contributed by atoms with E-state index in [1.165, 1.54) is 9.80 Å². The van der Waals surface area contributed by atoms with Gasteiger partial charge >= 0.3 is 0 Å². The largest absolute Gasteiger partial charge is 0.330 e. The Labute approximate surface area is 222 Å². The van der Waals surface area contributed by atoms with Crippen molar-refractivity contribution in [2.75, 3.05) is 52.4 Å². The lowest BCUT2D eigenvalue weighted by molar-refractivity contribution is 0.0587. The van der Waals surface area contributed by atoms with E-state index in [1.54, 1.807) is 24.3 Å². The highest BCUT2D eigenvalue weighted by atomic mass is 35.5. The highest BCUT2D eigenvalue weighted by Crippen LogP contribution is 2.37. The van der Waals surface area contributed by atoms with Crippen molar-refractivity contribution in [1.82, 2.24) is 20.4 Å². The molecule has 4 rings (SSSR count). The Balaban J connectivity index is 0.00000380. The van der Waals surface area contributed by atoms with Gasteiger partial charge in [0, 0.05) is 46.1 Å². The molecule has 0 unspecified atom stereocenters. The first-order valence-corrected chi connectivity index (χ1v) is 12.6. The average molecular weight is 531 g/mol. The molecule has 2 aromatic carbocycles. The average Bonchev–Trinajstić information content (AvgIpc) is 2.88.